The van der Waals surface area contributed by atoms with Gasteiger partial charge in [-0.15, -0.1) is 0 Å². The summed E-state index contributed by atoms with van der Waals surface area (Å²) in [5.74, 6) is 0.188. The average Bonchev–Trinajstić information content (AvgIpc) is 3.72. The predicted molar refractivity (Wildman–Crippen MR) is 144 cm³/mol. The molecule has 2 N–H and O–H groups in total. The SMILES string of the molecule is CC(C)(F)c1cc(N[C@H]2CCC[C@@H](NC(=O)c3ccc(OC(F)F)c(OCC4CC4)c3)C2)c2ccccc2n1. The minimum Gasteiger partial charge on any atom is -0.489 e. The molecule has 0 saturated heterocycles. The minimum atomic E-state index is -2.98. The predicted octanol–water partition coefficient (Wildman–Crippen LogP) is 6.98. The number of hydrogen-bond donors (Lipinski definition) is 2. The number of anilines is 1. The van der Waals surface area contributed by atoms with E-state index in [-0.39, 0.29) is 29.5 Å². The summed E-state index contributed by atoms with van der Waals surface area (Å²) >= 11 is 0. The zero-order chi connectivity index (χ0) is 27.6. The van der Waals surface area contributed by atoms with Gasteiger partial charge in [-0.05, 0) is 88.6 Å². The fourth-order valence-corrected chi connectivity index (χ4v) is 4.99. The van der Waals surface area contributed by atoms with Crippen LogP contribution in [0, 0.1) is 5.92 Å². The van der Waals surface area contributed by atoms with Gasteiger partial charge >= 0.3 is 6.61 Å². The number of benzene rings is 2. The Morgan fingerprint density at radius 2 is 1.82 bits per heavy atom. The Hall–Kier alpha value is -3.49. The Bertz CT molecular complexity index is 1320. The number of hydrogen-bond acceptors (Lipinski definition) is 5. The lowest BCUT2D eigenvalue weighted by molar-refractivity contribution is -0.0515. The molecule has 0 aliphatic heterocycles. The van der Waals surface area contributed by atoms with Crippen molar-refractivity contribution in [2.75, 3.05) is 11.9 Å². The van der Waals surface area contributed by atoms with Crippen molar-refractivity contribution in [2.24, 2.45) is 5.92 Å². The molecular formula is C30H34F3N3O3. The molecule has 1 aromatic heterocycles. The molecule has 2 aliphatic rings. The third-order valence-corrected chi connectivity index (χ3v) is 7.29. The monoisotopic (exact) mass is 541 g/mol. The van der Waals surface area contributed by atoms with Gasteiger partial charge in [-0.2, -0.15) is 8.78 Å². The van der Waals surface area contributed by atoms with Gasteiger partial charge in [0.1, 0.15) is 5.67 Å². The van der Waals surface area contributed by atoms with E-state index in [2.05, 4.69) is 20.4 Å². The number of rotatable bonds is 10. The molecule has 208 valence electrons. The maximum Gasteiger partial charge on any atom is 0.387 e. The van der Waals surface area contributed by atoms with Gasteiger partial charge in [-0.3, -0.25) is 4.79 Å². The van der Waals surface area contributed by atoms with Crippen LogP contribution in [-0.4, -0.2) is 36.2 Å². The first-order valence-electron chi connectivity index (χ1n) is 13.5. The van der Waals surface area contributed by atoms with Crippen LogP contribution >= 0.6 is 0 Å². The number of carbonyl (C=O) groups excluding carboxylic acids is 1. The van der Waals surface area contributed by atoms with Crippen LogP contribution in [0.15, 0.2) is 48.5 Å². The summed E-state index contributed by atoms with van der Waals surface area (Å²) in [5, 5.41) is 7.59. The van der Waals surface area contributed by atoms with E-state index in [1.165, 1.54) is 32.0 Å². The maximum atomic E-state index is 14.8. The second-order valence-corrected chi connectivity index (χ2v) is 11.0. The average molecular weight is 542 g/mol. The Morgan fingerprint density at radius 1 is 1.05 bits per heavy atom. The number of carbonyl (C=O) groups is 1. The molecule has 5 rings (SSSR count). The van der Waals surface area contributed by atoms with Crippen LogP contribution in [0.2, 0.25) is 0 Å². The molecule has 0 bridgehead atoms. The highest BCUT2D eigenvalue weighted by molar-refractivity contribution is 5.95. The van der Waals surface area contributed by atoms with Crippen LogP contribution < -0.4 is 20.1 Å². The first-order valence-corrected chi connectivity index (χ1v) is 13.5. The lowest BCUT2D eigenvalue weighted by atomic mass is 9.90. The van der Waals surface area contributed by atoms with Gasteiger partial charge in [0.05, 0.1) is 17.8 Å². The third-order valence-electron chi connectivity index (χ3n) is 7.29. The van der Waals surface area contributed by atoms with E-state index in [0.717, 1.165) is 48.7 Å². The molecule has 1 amide bonds. The molecule has 1 heterocycles. The largest absolute Gasteiger partial charge is 0.489 e. The van der Waals surface area contributed by atoms with Crippen LogP contribution in [-0.2, 0) is 5.67 Å². The molecule has 3 aromatic rings. The van der Waals surface area contributed by atoms with Gasteiger partial charge < -0.3 is 20.1 Å². The lowest BCUT2D eigenvalue weighted by Gasteiger charge is -2.31. The molecule has 2 aliphatic carbocycles. The first-order chi connectivity index (χ1) is 18.7. The smallest absolute Gasteiger partial charge is 0.387 e. The van der Waals surface area contributed by atoms with Crippen molar-refractivity contribution in [2.45, 2.75) is 76.7 Å². The minimum absolute atomic E-state index is 0.0738. The topological polar surface area (TPSA) is 72.5 Å². The van der Waals surface area contributed by atoms with Crippen LogP contribution in [0.3, 0.4) is 0 Å². The molecule has 9 heteroatoms. The van der Waals surface area contributed by atoms with Crippen molar-refractivity contribution in [1.29, 1.82) is 0 Å². The van der Waals surface area contributed by atoms with E-state index in [1.807, 2.05) is 24.3 Å². The van der Waals surface area contributed by atoms with Gasteiger partial charge in [0.15, 0.2) is 11.5 Å². The normalized spacial score (nSPS) is 19.6. The number of fused-ring (bicyclic) bond motifs is 1. The van der Waals surface area contributed by atoms with Crippen molar-refractivity contribution >= 4 is 22.5 Å². The number of nitrogens with one attached hydrogen (secondary N) is 2. The highest BCUT2D eigenvalue weighted by Crippen LogP contribution is 2.35. The van der Waals surface area contributed by atoms with Crippen LogP contribution in [0.4, 0.5) is 18.9 Å². The summed E-state index contributed by atoms with van der Waals surface area (Å²) < 4.78 is 50.8. The van der Waals surface area contributed by atoms with Crippen LogP contribution in [0.25, 0.3) is 10.9 Å². The van der Waals surface area contributed by atoms with Gasteiger partial charge in [0.25, 0.3) is 5.91 Å². The Morgan fingerprint density at radius 3 is 2.56 bits per heavy atom. The quantitative estimate of drug-likeness (QED) is 0.290. The Labute approximate surface area is 226 Å². The zero-order valence-corrected chi connectivity index (χ0v) is 22.2. The fraction of sp³-hybridized carbons (Fsp3) is 0.467. The Balaban J connectivity index is 1.27. The van der Waals surface area contributed by atoms with E-state index >= 15 is 0 Å². The lowest BCUT2D eigenvalue weighted by Crippen LogP contribution is -2.41. The number of ether oxygens (including phenoxy) is 2. The van der Waals surface area contributed by atoms with Gasteiger partial charge in [-0.25, -0.2) is 9.37 Å². The van der Waals surface area contributed by atoms with Gasteiger partial charge in [0, 0.05) is 28.7 Å². The highest BCUT2D eigenvalue weighted by Gasteiger charge is 2.27. The van der Waals surface area contributed by atoms with Crippen molar-refractivity contribution < 1.29 is 27.4 Å². The summed E-state index contributed by atoms with van der Waals surface area (Å²) in [4.78, 5) is 17.6. The molecule has 6 nitrogen and oxygen atoms in total. The van der Waals surface area contributed by atoms with Crippen LogP contribution in [0.5, 0.6) is 11.5 Å². The summed E-state index contributed by atoms with van der Waals surface area (Å²) in [6.45, 7) is 0.415. The number of halogens is 3. The van der Waals surface area contributed by atoms with E-state index in [1.54, 1.807) is 6.07 Å². The number of nitrogens with zero attached hydrogens (tertiary/aromatic N) is 1. The summed E-state index contributed by atoms with van der Waals surface area (Å²) in [5.41, 5.74) is 0.657. The molecule has 0 spiro atoms. The van der Waals surface area contributed by atoms with Crippen molar-refractivity contribution in [3.8, 4) is 11.5 Å². The number of amides is 1. The van der Waals surface area contributed by atoms with Crippen molar-refractivity contribution in [1.82, 2.24) is 10.3 Å². The number of alkyl halides is 3. The zero-order valence-electron chi connectivity index (χ0n) is 22.2. The second-order valence-electron chi connectivity index (χ2n) is 11.0. The second kappa shape index (κ2) is 11.3. The van der Waals surface area contributed by atoms with E-state index < -0.39 is 12.3 Å². The van der Waals surface area contributed by atoms with Gasteiger partial charge in [-0.1, -0.05) is 18.2 Å². The molecular weight excluding hydrogens is 507 g/mol. The maximum absolute atomic E-state index is 14.8. The number of para-hydroxylation sites is 1. The summed E-state index contributed by atoms with van der Waals surface area (Å²) in [6, 6.07) is 13.7. The molecule has 2 aromatic carbocycles. The summed E-state index contributed by atoms with van der Waals surface area (Å²) in [6.07, 6.45) is 5.42. The fourth-order valence-electron chi connectivity index (χ4n) is 4.99. The molecule has 0 radical (unpaired) electrons. The third kappa shape index (κ3) is 6.94. The Kier molecular flexibility index (Phi) is 7.86. The number of aromatic nitrogens is 1. The van der Waals surface area contributed by atoms with Crippen molar-refractivity contribution in [3.63, 3.8) is 0 Å². The molecule has 2 fully saturated rings. The first kappa shape index (κ1) is 27.1. The standard InChI is InChI=1S/C30H34F3N3O3/c1-30(2,33)27-16-24(22-8-3-4-9-23(22)36-27)34-20-6-5-7-21(15-20)35-28(37)19-12-13-25(39-29(31)32)26(14-19)38-17-18-10-11-18/h3-4,8-9,12-14,16,18,20-21,29H,5-7,10-11,15,17H2,1-2H3,(H,34,36)(H,35,37)/t20-,21+/m0/s1. The summed E-state index contributed by atoms with van der Waals surface area (Å²) in [7, 11) is 0. The highest BCUT2D eigenvalue weighted by atomic mass is 19.3. The van der Waals surface area contributed by atoms with E-state index in [9.17, 15) is 18.0 Å². The molecule has 2 saturated carbocycles. The number of pyridine rings is 1. The van der Waals surface area contributed by atoms with E-state index in [4.69, 9.17) is 4.74 Å². The molecule has 0 unspecified atom stereocenters. The molecule has 2 atom stereocenters. The van der Waals surface area contributed by atoms with Crippen LogP contribution in [0.1, 0.15) is 68.4 Å². The van der Waals surface area contributed by atoms with Gasteiger partial charge in [0.2, 0.25) is 0 Å². The van der Waals surface area contributed by atoms with Crippen molar-refractivity contribution in [3.05, 3.63) is 59.8 Å². The van der Waals surface area contributed by atoms with E-state index in [0.29, 0.717) is 30.2 Å². The molecule has 39 heavy (non-hydrogen) atoms.